The number of methoxy groups -OCH3 is 1. The highest BCUT2D eigenvalue weighted by Gasteiger charge is 2.07. The second kappa shape index (κ2) is 9.12. The number of hydrogen-bond acceptors (Lipinski definition) is 4. The van der Waals surface area contributed by atoms with E-state index in [0.29, 0.717) is 12.5 Å². The quantitative estimate of drug-likeness (QED) is 0.639. The van der Waals surface area contributed by atoms with Gasteiger partial charge in [-0.15, -0.1) is 0 Å². The molecule has 0 amide bonds. The minimum Gasteiger partial charge on any atom is -0.494 e. The standard InChI is InChI=1S/C16H18Br2N2O2/c1-21-16-13(17)9-12(10-14(16)18)11-19-6-4-8-22-15-5-2-3-7-20-15/h2-3,5,7,9-10,19H,4,6,8,11H2,1H3. The van der Waals surface area contributed by atoms with Crippen LogP contribution in [0, 0.1) is 0 Å². The molecule has 0 radical (unpaired) electrons. The van der Waals surface area contributed by atoms with Gasteiger partial charge in [-0.3, -0.25) is 0 Å². The predicted molar refractivity (Wildman–Crippen MR) is 94.4 cm³/mol. The molecule has 1 heterocycles. The van der Waals surface area contributed by atoms with Crippen molar-refractivity contribution < 1.29 is 9.47 Å². The van der Waals surface area contributed by atoms with E-state index in [2.05, 4.69) is 54.3 Å². The molecule has 22 heavy (non-hydrogen) atoms. The summed E-state index contributed by atoms with van der Waals surface area (Å²) in [5.74, 6) is 1.48. The van der Waals surface area contributed by atoms with Gasteiger partial charge in [0, 0.05) is 18.8 Å². The van der Waals surface area contributed by atoms with Gasteiger partial charge in [0.05, 0.1) is 22.7 Å². The van der Waals surface area contributed by atoms with E-state index in [1.165, 1.54) is 5.56 Å². The topological polar surface area (TPSA) is 43.4 Å². The SMILES string of the molecule is COc1c(Br)cc(CNCCCOc2ccccn2)cc1Br. The van der Waals surface area contributed by atoms with Gasteiger partial charge in [-0.1, -0.05) is 6.07 Å². The lowest BCUT2D eigenvalue weighted by Gasteiger charge is -2.10. The van der Waals surface area contributed by atoms with E-state index in [1.54, 1.807) is 13.3 Å². The molecular formula is C16H18Br2N2O2. The number of nitrogens with one attached hydrogen (secondary N) is 1. The van der Waals surface area contributed by atoms with Crippen molar-refractivity contribution in [3.05, 3.63) is 51.0 Å². The fraction of sp³-hybridized carbons (Fsp3) is 0.312. The van der Waals surface area contributed by atoms with Crippen LogP contribution < -0.4 is 14.8 Å². The molecule has 1 aromatic carbocycles. The summed E-state index contributed by atoms with van der Waals surface area (Å²) in [5, 5.41) is 3.40. The van der Waals surface area contributed by atoms with Gasteiger partial charge in [0.15, 0.2) is 0 Å². The Bertz CT molecular complexity index is 571. The third kappa shape index (κ3) is 5.26. The Kier molecular flexibility index (Phi) is 7.15. The molecule has 6 heteroatoms. The van der Waals surface area contributed by atoms with E-state index in [4.69, 9.17) is 9.47 Å². The molecule has 0 saturated heterocycles. The number of ether oxygens (including phenoxy) is 2. The molecule has 2 aromatic rings. The van der Waals surface area contributed by atoms with Crippen LogP contribution in [0.3, 0.4) is 0 Å². The number of aromatic nitrogens is 1. The first-order valence-electron chi connectivity index (χ1n) is 6.97. The van der Waals surface area contributed by atoms with Gasteiger partial charge >= 0.3 is 0 Å². The highest BCUT2D eigenvalue weighted by molar-refractivity contribution is 9.11. The van der Waals surface area contributed by atoms with Crippen LogP contribution in [-0.4, -0.2) is 25.2 Å². The molecule has 0 bridgehead atoms. The number of nitrogens with zero attached hydrogens (tertiary/aromatic N) is 1. The second-order valence-corrected chi connectivity index (χ2v) is 6.35. The van der Waals surface area contributed by atoms with Crippen LogP contribution in [0.15, 0.2) is 45.5 Å². The largest absolute Gasteiger partial charge is 0.494 e. The lowest BCUT2D eigenvalue weighted by Crippen LogP contribution is -2.17. The van der Waals surface area contributed by atoms with Gasteiger partial charge in [-0.2, -0.15) is 0 Å². The number of rotatable bonds is 8. The highest BCUT2D eigenvalue weighted by Crippen LogP contribution is 2.34. The van der Waals surface area contributed by atoms with Crippen LogP contribution in [0.2, 0.25) is 0 Å². The molecule has 0 fully saturated rings. The summed E-state index contributed by atoms with van der Waals surface area (Å²) in [6.45, 7) is 2.33. The fourth-order valence-electron chi connectivity index (χ4n) is 1.95. The van der Waals surface area contributed by atoms with E-state index >= 15 is 0 Å². The van der Waals surface area contributed by atoms with Gasteiger partial charge in [0.2, 0.25) is 5.88 Å². The Labute approximate surface area is 147 Å². The van der Waals surface area contributed by atoms with E-state index in [9.17, 15) is 0 Å². The zero-order valence-corrected chi connectivity index (χ0v) is 15.5. The van der Waals surface area contributed by atoms with Gasteiger partial charge < -0.3 is 14.8 Å². The first-order chi connectivity index (χ1) is 10.7. The molecule has 1 N–H and O–H groups in total. The van der Waals surface area contributed by atoms with Crippen molar-refractivity contribution in [1.29, 1.82) is 0 Å². The molecule has 0 aliphatic carbocycles. The van der Waals surface area contributed by atoms with Crippen molar-refractivity contribution in [2.24, 2.45) is 0 Å². The Morgan fingerprint density at radius 3 is 2.59 bits per heavy atom. The second-order valence-electron chi connectivity index (χ2n) is 4.64. The summed E-state index contributed by atoms with van der Waals surface area (Å²) in [4.78, 5) is 4.11. The maximum atomic E-state index is 5.54. The fourth-order valence-corrected chi connectivity index (χ4v) is 3.55. The molecule has 1 aromatic heterocycles. The zero-order chi connectivity index (χ0) is 15.8. The first-order valence-corrected chi connectivity index (χ1v) is 8.55. The Morgan fingerprint density at radius 2 is 1.95 bits per heavy atom. The van der Waals surface area contributed by atoms with Gasteiger partial charge in [-0.25, -0.2) is 4.98 Å². The predicted octanol–water partition coefficient (Wildman–Crippen LogP) is 4.17. The summed E-state index contributed by atoms with van der Waals surface area (Å²) < 4.78 is 12.7. The van der Waals surface area contributed by atoms with Crippen LogP contribution in [0.1, 0.15) is 12.0 Å². The lowest BCUT2D eigenvalue weighted by atomic mass is 10.2. The van der Waals surface area contributed by atoms with Gasteiger partial charge in [0.25, 0.3) is 0 Å². The van der Waals surface area contributed by atoms with Crippen LogP contribution in [-0.2, 0) is 6.54 Å². The summed E-state index contributed by atoms with van der Waals surface area (Å²) in [5.41, 5.74) is 1.19. The van der Waals surface area contributed by atoms with Crippen molar-refractivity contribution >= 4 is 31.9 Å². The van der Waals surface area contributed by atoms with Crippen LogP contribution in [0.4, 0.5) is 0 Å². The molecule has 0 aliphatic heterocycles. The summed E-state index contributed by atoms with van der Waals surface area (Å²) in [7, 11) is 1.66. The van der Waals surface area contributed by atoms with E-state index in [1.807, 2.05) is 18.2 Å². The molecule has 2 rings (SSSR count). The van der Waals surface area contributed by atoms with Crippen LogP contribution in [0.25, 0.3) is 0 Å². The average Bonchev–Trinajstić information content (AvgIpc) is 2.51. The van der Waals surface area contributed by atoms with E-state index in [0.717, 1.165) is 34.2 Å². The number of hydrogen-bond donors (Lipinski definition) is 1. The molecule has 0 saturated carbocycles. The minimum absolute atomic E-state index is 0.653. The maximum Gasteiger partial charge on any atom is 0.213 e. The van der Waals surface area contributed by atoms with Crippen LogP contribution in [0.5, 0.6) is 11.6 Å². The Balaban J connectivity index is 1.69. The van der Waals surface area contributed by atoms with Crippen molar-refractivity contribution in [2.45, 2.75) is 13.0 Å². The van der Waals surface area contributed by atoms with Crippen molar-refractivity contribution in [3.8, 4) is 11.6 Å². The van der Waals surface area contributed by atoms with Gasteiger partial charge in [-0.05, 0) is 68.6 Å². The Morgan fingerprint density at radius 1 is 1.18 bits per heavy atom. The highest BCUT2D eigenvalue weighted by atomic mass is 79.9. The molecular weight excluding hydrogens is 412 g/mol. The first kappa shape index (κ1) is 17.2. The van der Waals surface area contributed by atoms with Crippen molar-refractivity contribution in [3.63, 3.8) is 0 Å². The molecule has 0 unspecified atom stereocenters. The smallest absolute Gasteiger partial charge is 0.213 e. The summed E-state index contributed by atoms with van der Waals surface area (Å²) in [6, 6.07) is 9.77. The summed E-state index contributed by atoms with van der Waals surface area (Å²) >= 11 is 7.02. The molecule has 4 nitrogen and oxygen atoms in total. The summed E-state index contributed by atoms with van der Waals surface area (Å²) in [6.07, 6.45) is 2.65. The van der Waals surface area contributed by atoms with Gasteiger partial charge in [0.1, 0.15) is 5.75 Å². The number of pyridine rings is 1. The normalized spacial score (nSPS) is 10.5. The van der Waals surface area contributed by atoms with Crippen molar-refractivity contribution in [1.82, 2.24) is 10.3 Å². The van der Waals surface area contributed by atoms with E-state index in [-0.39, 0.29) is 0 Å². The zero-order valence-electron chi connectivity index (χ0n) is 12.3. The minimum atomic E-state index is 0.653. The Hall–Kier alpha value is -1.11. The third-order valence-corrected chi connectivity index (χ3v) is 4.15. The molecule has 118 valence electrons. The van der Waals surface area contributed by atoms with E-state index < -0.39 is 0 Å². The molecule has 0 atom stereocenters. The average molecular weight is 430 g/mol. The monoisotopic (exact) mass is 428 g/mol. The molecule has 0 spiro atoms. The van der Waals surface area contributed by atoms with Crippen molar-refractivity contribution in [2.75, 3.05) is 20.3 Å². The maximum absolute atomic E-state index is 5.54. The molecule has 0 aliphatic rings. The number of halogens is 2. The lowest BCUT2D eigenvalue weighted by molar-refractivity contribution is 0.296. The van der Waals surface area contributed by atoms with Crippen LogP contribution >= 0.6 is 31.9 Å². The third-order valence-electron chi connectivity index (χ3n) is 2.98. The number of benzene rings is 1.